The maximum absolute atomic E-state index is 11.3. The average Bonchev–Trinajstić information content (AvgIpc) is 2.09. The van der Waals surface area contributed by atoms with Crippen molar-refractivity contribution in [1.29, 1.82) is 0 Å². The van der Waals surface area contributed by atoms with Gasteiger partial charge in [-0.3, -0.25) is 4.79 Å². The monoisotopic (exact) mass is 263 g/mol. The number of hydrogen-bond donors (Lipinski definition) is 4. The van der Waals surface area contributed by atoms with E-state index in [1.54, 1.807) is 20.8 Å². The maximum atomic E-state index is 11.3. The van der Waals surface area contributed by atoms with Gasteiger partial charge in [-0.15, -0.1) is 0 Å². The van der Waals surface area contributed by atoms with Gasteiger partial charge in [0, 0.05) is 0 Å². The molecular weight excluding hydrogens is 246 g/mol. The first-order valence-electron chi connectivity index (χ1n) is 5.15. The largest absolute Gasteiger partial charge is 0.481 e. The number of carboxylic acids is 2. The van der Waals surface area contributed by atoms with Gasteiger partial charge < -0.3 is 25.4 Å². The zero-order chi connectivity index (χ0) is 14.5. The molecule has 0 aliphatic heterocycles. The Morgan fingerprint density at radius 2 is 1.72 bits per heavy atom. The molecule has 0 bridgehead atoms. The molecule has 0 saturated carbocycles. The minimum absolute atomic E-state index is 0.799. The molecule has 18 heavy (non-hydrogen) atoms. The van der Waals surface area contributed by atoms with Crippen LogP contribution in [0, 0.1) is 0 Å². The third-order valence-electron chi connectivity index (χ3n) is 1.71. The minimum atomic E-state index is -1.74. The van der Waals surface area contributed by atoms with Crippen molar-refractivity contribution < 1.29 is 34.4 Å². The van der Waals surface area contributed by atoms with Crippen molar-refractivity contribution in [3.63, 3.8) is 0 Å². The molecule has 4 N–H and O–H groups in total. The van der Waals surface area contributed by atoms with Gasteiger partial charge in [0.2, 0.25) is 0 Å². The van der Waals surface area contributed by atoms with Gasteiger partial charge in [0.05, 0.1) is 12.5 Å². The van der Waals surface area contributed by atoms with E-state index < -0.39 is 42.2 Å². The van der Waals surface area contributed by atoms with E-state index in [1.807, 2.05) is 5.32 Å². The summed E-state index contributed by atoms with van der Waals surface area (Å²) in [6, 6.07) is -1.74. The van der Waals surface area contributed by atoms with Crippen LogP contribution in [0.15, 0.2) is 0 Å². The van der Waals surface area contributed by atoms with Crippen molar-refractivity contribution in [3.05, 3.63) is 0 Å². The molecule has 8 nitrogen and oxygen atoms in total. The van der Waals surface area contributed by atoms with Crippen LogP contribution in [0.5, 0.6) is 0 Å². The van der Waals surface area contributed by atoms with Gasteiger partial charge >= 0.3 is 18.0 Å². The summed E-state index contributed by atoms with van der Waals surface area (Å²) >= 11 is 0. The summed E-state index contributed by atoms with van der Waals surface area (Å²) in [5.41, 5.74) is -0.828. The highest BCUT2D eigenvalue weighted by Crippen LogP contribution is 2.08. The van der Waals surface area contributed by atoms with Crippen molar-refractivity contribution in [2.75, 3.05) is 0 Å². The Morgan fingerprint density at radius 3 is 2.06 bits per heavy atom. The van der Waals surface area contributed by atoms with Gasteiger partial charge in [0.1, 0.15) is 5.60 Å². The lowest BCUT2D eigenvalue weighted by Crippen LogP contribution is -2.50. The third kappa shape index (κ3) is 6.69. The normalized spacial score (nSPS) is 14.4. The number of carbonyl (C=O) groups is 3. The van der Waals surface area contributed by atoms with E-state index in [-0.39, 0.29) is 0 Å². The van der Waals surface area contributed by atoms with Crippen LogP contribution in [0.25, 0.3) is 0 Å². The van der Waals surface area contributed by atoms with E-state index in [4.69, 9.17) is 14.9 Å². The van der Waals surface area contributed by atoms with Crippen LogP contribution < -0.4 is 5.32 Å². The predicted octanol–water partition coefficient (Wildman–Crippen LogP) is -0.200. The number of rotatable bonds is 5. The Morgan fingerprint density at radius 1 is 1.22 bits per heavy atom. The number of aliphatic carboxylic acids is 2. The first kappa shape index (κ1) is 16.2. The summed E-state index contributed by atoms with van der Waals surface area (Å²) in [7, 11) is 0. The molecule has 0 rings (SSSR count). The topological polar surface area (TPSA) is 133 Å². The number of hydrogen-bond acceptors (Lipinski definition) is 5. The molecule has 104 valence electrons. The van der Waals surface area contributed by atoms with E-state index in [2.05, 4.69) is 0 Å². The molecule has 0 aromatic carbocycles. The summed E-state index contributed by atoms with van der Waals surface area (Å²) in [5, 5.41) is 28.5. The number of carboxylic acid groups (broad SMARTS) is 2. The number of carbonyl (C=O) groups excluding carboxylic acids is 1. The van der Waals surface area contributed by atoms with Gasteiger partial charge in [-0.25, -0.2) is 9.59 Å². The molecule has 0 unspecified atom stereocenters. The molecule has 8 heteroatoms. The molecule has 0 aromatic heterocycles. The lowest BCUT2D eigenvalue weighted by molar-refractivity contribution is -0.145. The lowest BCUT2D eigenvalue weighted by atomic mass is 10.1. The fraction of sp³-hybridized carbons (Fsp3) is 0.700. The Balaban J connectivity index is 4.59. The number of aliphatic hydroxyl groups is 1. The fourth-order valence-corrected chi connectivity index (χ4v) is 1.05. The average molecular weight is 263 g/mol. The second-order valence-corrected chi connectivity index (χ2v) is 4.63. The van der Waals surface area contributed by atoms with Crippen molar-refractivity contribution in [1.82, 2.24) is 5.32 Å². The van der Waals surface area contributed by atoms with Gasteiger partial charge in [-0.2, -0.15) is 0 Å². The van der Waals surface area contributed by atoms with Gasteiger partial charge in [0.15, 0.2) is 6.04 Å². The van der Waals surface area contributed by atoms with Crippen LogP contribution >= 0.6 is 0 Å². The van der Waals surface area contributed by atoms with Crippen LogP contribution in [-0.4, -0.2) is 51.1 Å². The van der Waals surface area contributed by atoms with Gasteiger partial charge in [0.25, 0.3) is 0 Å². The lowest BCUT2D eigenvalue weighted by Gasteiger charge is -2.23. The van der Waals surface area contributed by atoms with Crippen molar-refractivity contribution in [2.24, 2.45) is 0 Å². The zero-order valence-electron chi connectivity index (χ0n) is 10.3. The van der Waals surface area contributed by atoms with E-state index in [0.717, 1.165) is 0 Å². The van der Waals surface area contributed by atoms with Gasteiger partial charge in [-0.05, 0) is 20.8 Å². The molecule has 0 radical (unpaired) electrons. The van der Waals surface area contributed by atoms with Crippen molar-refractivity contribution in [2.45, 2.75) is 44.9 Å². The van der Waals surface area contributed by atoms with E-state index in [1.165, 1.54) is 0 Å². The summed E-state index contributed by atoms with van der Waals surface area (Å²) in [6.45, 7) is 4.74. The highest BCUT2D eigenvalue weighted by Gasteiger charge is 2.31. The molecule has 0 spiro atoms. The second kappa shape index (κ2) is 6.20. The predicted molar refractivity (Wildman–Crippen MR) is 59.1 cm³/mol. The molecule has 2 atom stereocenters. The summed E-state index contributed by atoms with van der Waals surface area (Å²) in [6.07, 6.45) is -3.58. The van der Waals surface area contributed by atoms with Crippen molar-refractivity contribution in [3.8, 4) is 0 Å². The number of aliphatic hydroxyl groups excluding tert-OH is 1. The molecule has 0 aliphatic carbocycles. The standard InChI is InChI=1S/C10H17NO7/c1-10(2,3)18-9(17)11-7(8(15)16)5(12)4-6(13)14/h5,7,12H,4H2,1-3H3,(H,11,17)(H,13,14)(H,15,16)/t5-,7+/m0/s1. The second-order valence-electron chi connectivity index (χ2n) is 4.63. The number of nitrogens with one attached hydrogen (secondary N) is 1. The van der Waals surface area contributed by atoms with E-state index in [9.17, 15) is 19.5 Å². The first-order chi connectivity index (χ1) is 8.03. The molecule has 0 saturated heterocycles. The van der Waals surface area contributed by atoms with E-state index >= 15 is 0 Å². The first-order valence-corrected chi connectivity index (χ1v) is 5.15. The van der Waals surface area contributed by atoms with Crippen LogP contribution in [-0.2, 0) is 14.3 Å². The summed E-state index contributed by atoms with van der Waals surface area (Å²) < 4.78 is 4.80. The molecule has 0 aromatic rings. The molecule has 0 aliphatic rings. The smallest absolute Gasteiger partial charge is 0.408 e. The molecule has 0 fully saturated rings. The van der Waals surface area contributed by atoms with Crippen LogP contribution in [0.2, 0.25) is 0 Å². The van der Waals surface area contributed by atoms with Crippen LogP contribution in [0.4, 0.5) is 4.79 Å². The van der Waals surface area contributed by atoms with Gasteiger partial charge in [-0.1, -0.05) is 0 Å². The number of amides is 1. The Kier molecular flexibility index (Phi) is 5.57. The zero-order valence-corrected chi connectivity index (χ0v) is 10.3. The SMILES string of the molecule is CC(C)(C)OC(=O)N[C@@H](C(=O)O)[C@@H](O)CC(=O)O. The molecule has 1 amide bonds. The Hall–Kier alpha value is -1.83. The molecule has 0 heterocycles. The quantitative estimate of drug-likeness (QED) is 0.539. The maximum Gasteiger partial charge on any atom is 0.408 e. The third-order valence-corrected chi connectivity index (χ3v) is 1.71. The van der Waals surface area contributed by atoms with E-state index in [0.29, 0.717) is 0 Å². The number of alkyl carbamates (subject to hydrolysis) is 1. The summed E-state index contributed by atoms with van der Waals surface area (Å²) in [4.78, 5) is 32.5. The Labute approximate surface area is 104 Å². The van der Waals surface area contributed by atoms with Crippen molar-refractivity contribution >= 4 is 18.0 Å². The van der Waals surface area contributed by atoms with Crippen LogP contribution in [0.3, 0.4) is 0 Å². The Bertz CT molecular complexity index is 334. The summed E-state index contributed by atoms with van der Waals surface area (Å²) in [5.74, 6) is -2.92. The number of ether oxygens (including phenoxy) is 1. The fourth-order valence-electron chi connectivity index (χ4n) is 1.05. The minimum Gasteiger partial charge on any atom is -0.481 e. The highest BCUT2D eigenvalue weighted by atomic mass is 16.6. The van der Waals surface area contributed by atoms with Crippen LogP contribution in [0.1, 0.15) is 27.2 Å². The molecular formula is C10H17NO7. The highest BCUT2D eigenvalue weighted by molar-refractivity contribution is 5.81.